The summed E-state index contributed by atoms with van der Waals surface area (Å²) in [4.78, 5) is -0.291. The van der Waals surface area contributed by atoms with Crippen molar-refractivity contribution in [3.05, 3.63) is 78.1 Å². The fraction of sp³-hybridized carbons (Fsp3) is 0. The summed E-state index contributed by atoms with van der Waals surface area (Å²) in [5.74, 6) is 0.687. The smallest absolute Gasteiger partial charge is 0.295 e. The number of hydrogen-bond donors (Lipinski definition) is 3. The number of nitrogens with zero attached hydrogens (tertiary/aromatic N) is 6. The van der Waals surface area contributed by atoms with Gasteiger partial charge in [-0.3, -0.25) is 4.55 Å². The average Bonchev–Trinajstić information content (AvgIpc) is 2.80. The van der Waals surface area contributed by atoms with Crippen molar-refractivity contribution in [3.63, 3.8) is 0 Å². The van der Waals surface area contributed by atoms with Gasteiger partial charge in [-0.05, 0) is 28.1 Å². The van der Waals surface area contributed by atoms with E-state index >= 15 is 0 Å². The van der Waals surface area contributed by atoms with Crippen LogP contribution in [0.25, 0.3) is 12.2 Å². The SMILES string of the molecule is O=S(=O)(O)c1ccc(Nc2ccnnn2)c(Nc2ccnnn2)c1C=Cc1ccccc1. The fourth-order valence-electron chi connectivity index (χ4n) is 2.85. The first kappa shape index (κ1) is 21.0. The van der Waals surface area contributed by atoms with Crippen LogP contribution >= 0.6 is 0 Å². The molecule has 0 fully saturated rings. The topological polar surface area (TPSA) is 156 Å². The normalized spacial score (nSPS) is 11.4. The number of rotatable bonds is 7. The van der Waals surface area contributed by atoms with Crippen LogP contribution in [-0.4, -0.2) is 43.8 Å². The number of anilines is 4. The Morgan fingerprint density at radius 3 is 2.03 bits per heavy atom. The van der Waals surface area contributed by atoms with Crippen LogP contribution in [0.2, 0.25) is 0 Å². The lowest BCUT2D eigenvalue weighted by Crippen LogP contribution is -2.08. The summed E-state index contributed by atoms with van der Waals surface area (Å²) in [5, 5.41) is 28.4. The highest BCUT2D eigenvalue weighted by molar-refractivity contribution is 7.86. The van der Waals surface area contributed by atoms with Gasteiger partial charge in [0.25, 0.3) is 10.1 Å². The molecule has 3 N–H and O–H groups in total. The number of hydrogen-bond acceptors (Lipinski definition) is 10. The van der Waals surface area contributed by atoms with Gasteiger partial charge in [-0.15, -0.1) is 20.4 Å². The predicted octanol–water partition coefficient (Wildman–Crippen LogP) is 2.96. The molecule has 0 saturated carbocycles. The lowest BCUT2D eigenvalue weighted by Gasteiger charge is -2.17. The Morgan fingerprint density at radius 2 is 1.44 bits per heavy atom. The number of aromatic nitrogens is 6. The Morgan fingerprint density at radius 1 is 0.781 bits per heavy atom. The quantitative estimate of drug-likeness (QED) is 0.282. The van der Waals surface area contributed by atoms with Crippen LogP contribution in [0.15, 0.2) is 71.9 Å². The average molecular weight is 448 g/mol. The Hall–Kier alpha value is -4.29. The zero-order chi connectivity index (χ0) is 22.4. The molecule has 0 radical (unpaired) electrons. The van der Waals surface area contributed by atoms with Crippen molar-refractivity contribution in [2.75, 3.05) is 10.6 Å². The molecule has 160 valence electrons. The molecule has 0 aliphatic carbocycles. The number of nitrogens with one attached hydrogen (secondary N) is 2. The van der Waals surface area contributed by atoms with E-state index in [1.165, 1.54) is 24.5 Å². The van der Waals surface area contributed by atoms with Gasteiger partial charge >= 0.3 is 0 Å². The second-order valence-electron chi connectivity index (χ2n) is 6.38. The lowest BCUT2D eigenvalue weighted by atomic mass is 10.1. The third-order valence-electron chi connectivity index (χ3n) is 4.25. The van der Waals surface area contributed by atoms with Crippen molar-refractivity contribution in [3.8, 4) is 0 Å². The molecular weight excluding hydrogens is 432 g/mol. The second-order valence-corrected chi connectivity index (χ2v) is 7.77. The second kappa shape index (κ2) is 9.24. The minimum Gasteiger partial charge on any atom is -0.337 e. The van der Waals surface area contributed by atoms with Gasteiger partial charge in [0.15, 0.2) is 11.6 Å². The van der Waals surface area contributed by atoms with Gasteiger partial charge in [0, 0.05) is 17.7 Å². The van der Waals surface area contributed by atoms with Gasteiger partial charge in [-0.2, -0.15) is 8.42 Å². The van der Waals surface area contributed by atoms with E-state index in [4.69, 9.17) is 0 Å². The van der Waals surface area contributed by atoms with Crippen LogP contribution in [0.5, 0.6) is 0 Å². The molecule has 0 amide bonds. The number of benzene rings is 2. The van der Waals surface area contributed by atoms with E-state index in [-0.39, 0.29) is 10.5 Å². The van der Waals surface area contributed by atoms with Gasteiger partial charge in [0.2, 0.25) is 0 Å². The maximum Gasteiger partial charge on any atom is 0.295 e. The summed E-state index contributed by atoms with van der Waals surface area (Å²) < 4.78 is 34.1. The van der Waals surface area contributed by atoms with E-state index in [1.807, 2.05) is 30.3 Å². The maximum atomic E-state index is 12.1. The first-order valence-corrected chi connectivity index (χ1v) is 10.6. The van der Waals surface area contributed by atoms with Crippen molar-refractivity contribution in [1.82, 2.24) is 30.8 Å². The Kier molecular flexibility index (Phi) is 6.05. The van der Waals surface area contributed by atoms with E-state index in [0.717, 1.165) is 5.56 Å². The molecule has 0 saturated heterocycles. The summed E-state index contributed by atoms with van der Waals surface area (Å²) in [6.07, 6.45) is 6.20. The first-order chi connectivity index (χ1) is 15.5. The lowest BCUT2D eigenvalue weighted by molar-refractivity contribution is 0.483. The molecule has 4 rings (SSSR count). The molecule has 2 aromatic heterocycles. The first-order valence-electron chi connectivity index (χ1n) is 9.21. The molecule has 2 aromatic carbocycles. The van der Waals surface area contributed by atoms with Crippen LogP contribution in [0.3, 0.4) is 0 Å². The minimum absolute atomic E-state index is 0.196. The molecule has 0 bridgehead atoms. The minimum atomic E-state index is -4.55. The van der Waals surface area contributed by atoms with Gasteiger partial charge < -0.3 is 10.6 Å². The molecule has 12 heteroatoms. The summed E-state index contributed by atoms with van der Waals surface area (Å²) >= 11 is 0. The monoisotopic (exact) mass is 448 g/mol. The van der Waals surface area contributed by atoms with E-state index in [2.05, 4.69) is 41.5 Å². The van der Waals surface area contributed by atoms with E-state index in [0.29, 0.717) is 23.0 Å². The molecule has 4 aromatic rings. The zero-order valence-electron chi connectivity index (χ0n) is 16.4. The Balaban J connectivity index is 1.89. The predicted molar refractivity (Wildman–Crippen MR) is 118 cm³/mol. The summed E-state index contributed by atoms with van der Waals surface area (Å²) in [6, 6.07) is 15.2. The van der Waals surface area contributed by atoms with Crippen LogP contribution in [-0.2, 0) is 10.1 Å². The van der Waals surface area contributed by atoms with Crippen molar-refractivity contribution in [1.29, 1.82) is 0 Å². The van der Waals surface area contributed by atoms with Crippen LogP contribution in [0.1, 0.15) is 11.1 Å². The third-order valence-corrected chi connectivity index (χ3v) is 5.16. The van der Waals surface area contributed by atoms with Gasteiger partial charge in [0.05, 0.1) is 23.8 Å². The highest BCUT2D eigenvalue weighted by Gasteiger charge is 2.21. The summed E-state index contributed by atoms with van der Waals surface area (Å²) in [7, 11) is -4.55. The van der Waals surface area contributed by atoms with Crippen molar-refractivity contribution >= 4 is 45.3 Å². The fourth-order valence-corrected chi connectivity index (χ4v) is 3.54. The third kappa shape index (κ3) is 5.06. The molecule has 0 aliphatic rings. The zero-order valence-corrected chi connectivity index (χ0v) is 17.2. The van der Waals surface area contributed by atoms with Crippen molar-refractivity contribution in [2.24, 2.45) is 0 Å². The molecule has 2 heterocycles. The maximum absolute atomic E-state index is 12.1. The van der Waals surface area contributed by atoms with Crippen molar-refractivity contribution < 1.29 is 13.0 Å². The van der Waals surface area contributed by atoms with Gasteiger partial charge in [-0.25, -0.2) is 0 Å². The van der Waals surface area contributed by atoms with Crippen LogP contribution < -0.4 is 10.6 Å². The molecule has 32 heavy (non-hydrogen) atoms. The molecule has 0 spiro atoms. The van der Waals surface area contributed by atoms with E-state index in [9.17, 15) is 13.0 Å². The van der Waals surface area contributed by atoms with Crippen molar-refractivity contribution in [2.45, 2.75) is 4.90 Å². The van der Waals surface area contributed by atoms with E-state index < -0.39 is 10.1 Å². The largest absolute Gasteiger partial charge is 0.337 e. The highest BCUT2D eigenvalue weighted by atomic mass is 32.2. The molecular formula is C20H16N8O3S. The molecule has 0 atom stereocenters. The van der Waals surface area contributed by atoms with Crippen LogP contribution in [0, 0.1) is 0 Å². The molecule has 11 nitrogen and oxygen atoms in total. The molecule has 0 unspecified atom stereocenters. The summed E-state index contributed by atoms with van der Waals surface area (Å²) in [5.41, 5.74) is 1.79. The van der Waals surface area contributed by atoms with E-state index in [1.54, 1.807) is 24.3 Å². The van der Waals surface area contributed by atoms with Crippen LogP contribution in [0.4, 0.5) is 23.0 Å². The molecule has 0 aliphatic heterocycles. The highest BCUT2D eigenvalue weighted by Crippen LogP contribution is 2.36. The van der Waals surface area contributed by atoms with Gasteiger partial charge in [-0.1, -0.05) is 42.5 Å². The summed E-state index contributed by atoms with van der Waals surface area (Å²) in [6.45, 7) is 0. The Labute approximate surface area is 183 Å². The van der Waals surface area contributed by atoms with Gasteiger partial charge in [0.1, 0.15) is 4.90 Å². The standard InChI is InChI=1S/C20H16N8O3S/c29-32(30,31)17-9-8-16(23-18-10-12-21-27-25-18)20(24-19-11-13-22-28-26-19)15(17)7-6-14-4-2-1-3-5-14/h1-13H,(H,21,23,25)(H,22,24,26)(H,29,30,31). The Bertz CT molecular complexity index is 1340.